The standard InChI is InChI=1S/C14H14FNO/c1-9-7-11(8-10(2)16-9)14(17)12-5-3-4-6-13(12)15/h3-8,14,17H,1-2H3. The van der Waals surface area contributed by atoms with Crippen LogP contribution in [0.3, 0.4) is 0 Å². The molecule has 0 fully saturated rings. The second kappa shape index (κ2) is 4.63. The van der Waals surface area contributed by atoms with Gasteiger partial charge in [0, 0.05) is 17.0 Å². The maximum atomic E-state index is 13.6. The zero-order valence-electron chi connectivity index (χ0n) is 9.81. The molecule has 1 heterocycles. The third kappa shape index (κ3) is 2.50. The summed E-state index contributed by atoms with van der Waals surface area (Å²) in [7, 11) is 0. The molecule has 0 spiro atoms. The SMILES string of the molecule is Cc1cc(C(O)c2ccccc2F)cc(C)n1. The number of rotatable bonds is 2. The maximum Gasteiger partial charge on any atom is 0.129 e. The van der Waals surface area contributed by atoms with Crippen molar-refractivity contribution in [3.63, 3.8) is 0 Å². The number of hydrogen-bond acceptors (Lipinski definition) is 2. The summed E-state index contributed by atoms with van der Waals surface area (Å²) in [5, 5.41) is 10.2. The second-order valence-corrected chi connectivity index (χ2v) is 4.11. The molecule has 3 heteroatoms. The van der Waals surface area contributed by atoms with Crippen LogP contribution in [0.25, 0.3) is 0 Å². The Morgan fingerprint density at radius 1 is 1.12 bits per heavy atom. The highest BCUT2D eigenvalue weighted by molar-refractivity contribution is 5.32. The summed E-state index contributed by atoms with van der Waals surface area (Å²) in [6.45, 7) is 3.70. The largest absolute Gasteiger partial charge is 0.384 e. The molecule has 0 aliphatic carbocycles. The molecule has 1 aromatic heterocycles. The molecule has 2 rings (SSSR count). The van der Waals surface area contributed by atoms with Gasteiger partial charge in [-0.1, -0.05) is 18.2 Å². The molecule has 1 unspecified atom stereocenters. The number of aryl methyl sites for hydroxylation is 2. The van der Waals surface area contributed by atoms with Crippen LogP contribution in [0.15, 0.2) is 36.4 Å². The van der Waals surface area contributed by atoms with Crippen LogP contribution in [-0.2, 0) is 0 Å². The maximum absolute atomic E-state index is 13.6. The van der Waals surface area contributed by atoms with E-state index in [2.05, 4.69) is 4.98 Å². The van der Waals surface area contributed by atoms with Crippen LogP contribution in [0.2, 0.25) is 0 Å². The van der Waals surface area contributed by atoms with Gasteiger partial charge in [-0.3, -0.25) is 4.98 Å². The van der Waals surface area contributed by atoms with Gasteiger partial charge in [0.05, 0.1) is 0 Å². The quantitative estimate of drug-likeness (QED) is 0.862. The molecule has 0 bridgehead atoms. The number of aliphatic hydroxyl groups excluding tert-OH is 1. The van der Waals surface area contributed by atoms with Crippen LogP contribution in [0.4, 0.5) is 4.39 Å². The molecule has 0 radical (unpaired) electrons. The monoisotopic (exact) mass is 231 g/mol. The lowest BCUT2D eigenvalue weighted by Gasteiger charge is -2.13. The average molecular weight is 231 g/mol. The van der Waals surface area contributed by atoms with Crippen molar-refractivity contribution >= 4 is 0 Å². The molecule has 2 nitrogen and oxygen atoms in total. The Bertz CT molecular complexity index is 519. The summed E-state index contributed by atoms with van der Waals surface area (Å²) in [5.41, 5.74) is 2.59. The number of aliphatic hydroxyl groups is 1. The summed E-state index contributed by atoms with van der Waals surface area (Å²) in [6, 6.07) is 9.79. The van der Waals surface area contributed by atoms with Crippen molar-refractivity contribution < 1.29 is 9.50 Å². The molecule has 1 atom stereocenters. The Kier molecular flexibility index (Phi) is 3.20. The van der Waals surface area contributed by atoms with Gasteiger partial charge in [0.1, 0.15) is 11.9 Å². The number of nitrogens with zero attached hydrogens (tertiary/aromatic N) is 1. The molecule has 17 heavy (non-hydrogen) atoms. The van der Waals surface area contributed by atoms with Crippen LogP contribution in [0, 0.1) is 19.7 Å². The molecule has 0 aliphatic rings. The highest BCUT2D eigenvalue weighted by Gasteiger charge is 2.15. The van der Waals surface area contributed by atoms with Crippen LogP contribution < -0.4 is 0 Å². The summed E-state index contributed by atoms with van der Waals surface area (Å²) >= 11 is 0. The Balaban J connectivity index is 2.43. The first-order valence-electron chi connectivity index (χ1n) is 5.45. The fourth-order valence-corrected chi connectivity index (χ4v) is 1.90. The van der Waals surface area contributed by atoms with E-state index in [9.17, 15) is 9.50 Å². The number of pyridine rings is 1. The van der Waals surface area contributed by atoms with E-state index in [0.29, 0.717) is 5.56 Å². The van der Waals surface area contributed by atoms with E-state index < -0.39 is 11.9 Å². The van der Waals surface area contributed by atoms with Gasteiger partial charge < -0.3 is 5.11 Å². The third-order valence-electron chi connectivity index (χ3n) is 2.62. The number of halogens is 1. The van der Waals surface area contributed by atoms with Gasteiger partial charge in [0.2, 0.25) is 0 Å². The van der Waals surface area contributed by atoms with Crippen molar-refractivity contribution in [2.75, 3.05) is 0 Å². The smallest absolute Gasteiger partial charge is 0.129 e. The van der Waals surface area contributed by atoms with Gasteiger partial charge in [-0.25, -0.2) is 4.39 Å². The molecular formula is C14H14FNO. The van der Waals surface area contributed by atoms with Crippen LogP contribution in [0.5, 0.6) is 0 Å². The summed E-state index contributed by atoms with van der Waals surface area (Å²) < 4.78 is 13.6. The molecule has 0 saturated heterocycles. The lowest BCUT2D eigenvalue weighted by molar-refractivity contribution is 0.214. The van der Waals surface area contributed by atoms with Crippen molar-refractivity contribution in [2.45, 2.75) is 20.0 Å². The predicted molar refractivity (Wildman–Crippen MR) is 64.2 cm³/mol. The Morgan fingerprint density at radius 2 is 1.71 bits per heavy atom. The van der Waals surface area contributed by atoms with Crippen molar-refractivity contribution in [3.05, 3.63) is 64.7 Å². The second-order valence-electron chi connectivity index (χ2n) is 4.11. The fraction of sp³-hybridized carbons (Fsp3) is 0.214. The minimum Gasteiger partial charge on any atom is -0.384 e. The normalized spacial score (nSPS) is 12.5. The van der Waals surface area contributed by atoms with Gasteiger partial charge >= 0.3 is 0 Å². The molecular weight excluding hydrogens is 217 g/mol. The zero-order valence-corrected chi connectivity index (χ0v) is 9.81. The van der Waals surface area contributed by atoms with Gasteiger partial charge in [-0.2, -0.15) is 0 Å². The fourth-order valence-electron chi connectivity index (χ4n) is 1.90. The van der Waals surface area contributed by atoms with Crippen molar-refractivity contribution in [2.24, 2.45) is 0 Å². The van der Waals surface area contributed by atoms with Crippen molar-refractivity contribution in [1.29, 1.82) is 0 Å². The van der Waals surface area contributed by atoms with E-state index in [1.54, 1.807) is 30.3 Å². The van der Waals surface area contributed by atoms with E-state index in [-0.39, 0.29) is 5.56 Å². The molecule has 1 N–H and O–H groups in total. The van der Waals surface area contributed by atoms with Gasteiger partial charge in [-0.05, 0) is 37.6 Å². The number of benzene rings is 1. The van der Waals surface area contributed by atoms with Gasteiger partial charge in [0.15, 0.2) is 0 Å². The molecule has 88 valence electrons. The summed E-state index contributed by atoms with van der Waals surface area (Å²) in [6.07, 6.45) is -0.948. The highest BCUT2D eigenvalue weighted by Crippen LogP contribution is 2.24. The third-order valence-corrected chi connectivity index (χ3v) is 2.62. The minimum atomic E-state index is -0.948. The average Bonchev–Trinajstić information content (AvgIpc) is 2.27. The first-order chi connectivity index (χ1) is 8.08. The topological polar surface area (TPSA) is 33.1 Å². The molecule has 1 aromatic carbocycles. The predicted octanol–water partition coefficient (Wildman–Crippen LogP) is 2.92. The van der Waals surface area contributed by atoms with Crippen LogP contribution >= 0.6 is 0 Å². The van der Waals surface area contributed by atoms with Crippen molar-refractivity contribution in [3.8, 4) is 0 Å². The zero-order chi connectivity index (χ0) is 12.4. The minimum absolute atomic E-state index is 0.289. The molecule has 0 amide bonds. The van der Waals surface area contributed by atoms with E-state index in [1.165, 1.54) is 6.07 Å². The molecule has 2 aromatic rings. The molecule has 0 saturated carbocycles. The van der Waals surface area contributed by atoms with E-state index in [4.69, 9.17) is 0 Å². The van der Waals surface area contributed by atoms with Crippen molar-refractivity contribution in [1.82, 2.24) is 4.98 Å². The first kappa shape index (κ1) is 11.7. The van der Waals surface area contributed by atoms with Gasteiger partial charge in [-0.15, -0.1) is 0 Å². The first-order valence-corrected chi connectivity index (χ1v) is 5.45. The van der Waals surface area contributed by atoms with E-state index >= 15 is 0 Å². The molecule has 0 aliphatic heterocycles. The Morgan fingerprint density at radius 3 is 2.29 bits per heavy atom. The summed E-state index contributed by atoms with van der Waals surface area (Å²) in [4.78, 5) is 4.23. The lowest BCUT2D eigenvalue weighted by atomic mass is 10.0. The van der Waals surface area contributed by atoms with Crippen LogP contribution in [0.1, 0.15) is 28.6 Å². The lowest BCUT2D eigenvalue weighted by Crippen LogP contribution is -2.04. The van der Waals surface area contributed by atoms with E-state index in [0.717, 1.165) is 11.4 Å². The van der Waals surface area contributed by atoms with Gasteiger partial charge in [0.25, 0.3) is 0 Å². The highest BCUT2D eigenvalue weighted by atomic mass is 19.1. The Hall–Kier alpha value is -1.74. The number of aromatic nitrogens is 1. The van der Waals surface area contributed by atoms with E-state index in [1.807, 2.05) is 13.8 Å². The van der Waals surface area contributed by atoms with Crippen LogP contribution in [-0.4, -0.2) is 10.1 Å². The number of hydrogen-bond donors (Lipinski definition) is 1. The summed E-state index contributed by atoms with van der Waals surface area (Å²) in [5.74, 6) is -0.396. The Labute approximate surface area is 99.8 Å².